The maximum Gasteiger partial charge on any atom is 0.116 e. The van der Waals surface area contributed by atoms with Crippen molar-refractivity contribution in [1.29, 1.82) is 0 Å². The minimum Gasteiger partial charge on any atom is -0.497 e. The normalized spacial score (nSPS) is 11.0. The van der Waals surface area contributed by atoms with Gasteiger partial charge in [-0.15, -0.1) is 0 Å². The van der Waals surface area contributed by atoms with E-state index in [-0.39, 0.29) is 6.61 Å². The van der Waals surface area contributed by atoms with E-state index in [2.05, 4.69) is 18.3 Å². The Kier molecular flexibility index (Phi) is 6.01. The molecule has 0 bridgehead atoms. The van der Waals surface area contributed by atoms with Crippen LogP contribution in [0.2, 0.25) is 0 Å². The summed E-state index contributed by atoms with van der Waals surface area (Å²) in [6, 6.07) is 0. The van der Waals surface area contributed by atoms with Gasteiger partial charge in [-0.1, -0.05) is 6.58 Å². The second-order valence-electron chi connectivity index (χ2n) is 2.29. The molecule has 0 radical (unpaired) electrons. The van der Waals surface area contributed by atoms with E-state index >= 15 is 0 Å². The number of allylic oxidation sites excluding steroid dienone is 1. The Hall–Kier alpha value is -1.09. The van der Waals surface area contributed by atoms with Crippen molar-refractivity contribution >= 4 is 6.72 Å². The lowest BCUT2D eigenvalue weighted by molar-refractivity contribution is 0.279. The number of methoxy groups -OCH3 is 1. The van der Waals surface area contributed by atoms with Gasteiger partial charge in [0.1, 0.15) is 5.76 Å². The minimum absolute atomic E-state index is 0.158. The topological polar surface area (TPSA) is 41.8 Å². The third-order valence-corrected chi connectivity index (χ3v) is 1.46. The first-order chi connectivity index (χ1) is 5.76. The number of aliphatic hydroxyl groups excluding tert-OH is 1. The molecular weight excluding hydrogens is 154 g/mol. The summed E-state index contributed by atoms with van der Waals surface area (Å²) in [7, 11) is 1.55. The number of rotatable bonds is 6. The van der Waals surface area contributed by atoms with E-state index in [0.717, 1.165) is 5.57 Å². The summed E-state index contributed by atoms with van der Waals surface area (Å²) < 4.78 is 4.93. The molecule has 0 rings (SSSR count). The predicted octanol–water partition coefficient (Wildman–Crippen LogP) is 1.50. The number of aliphatic hydroxyl groups is 1. The predicted molar refractivity (Wildman–Crippen MR) is 50.1 cm³/mol. The van der Waals surface area contributed by atoms with Crippen molar-refractivity contribution in [3.05, 3.63) is 24.1 Å². The fraction of sp³-hybridized carbons (Fsp3) is 0.444. The maximum atomic E-state index is 8.59. The molecule has 0 aliphatic heterocycles. The fourth-order valence-electron chi connectivity index (χ4n) is 0.787. The quantitative estimate of drug-likeness (QED) is 0.372. The highest BCUT2D eigenvalue weighted by atomic mass is 16.5. The lowest BCUT2D eigenvalue weighted by Crippen LogP contribution is -1.93. The molecule has 0 atom stereocenters. The Bertz CT molecular complexity index is 185. The minimum atomic E-state index is 0.158. The third-order valence-electron chi connectivity index (χ3n) is 1.46. The van der Waals surface area contributed by atoms with Gasteiger partial charge in [0.2, 0.25) is 0 Å². The molecule has 0 amide bonds. The van der Waals surface area contributed by atoms with Crippen molar-refractivity contribution in [1.82, 2.24) is 0 Å². The van der Waals surface area contributed by atoms with Crippen LogP contribution in [0.4, 0.5) is 0 Å². The Labute approximate surface area is 73.1 Å². The summed E-state index contributed by atoms with van der Waals surface area (Å²) >= 11 is 0. The Morgan fingerprint density at radius 3 is 2.75 bits per heavy atom. The molecule has 0 unspecified atom stereocenters. The molecule has 0 fully saturated rings. The van der Waals surface area contributed by atoms with Crippen LogP contribution in [-0.4, -0.2) is 25.5 Å². The molecule has 3 nitrogen and oxygen atoms in total. The molecule has 12 heavy (non-hydrogen) atoms. The highest BCUT2D eigenvalue weighted by Gasteiger charge is 2.01. The fourth-order valence-corrected chi connectivity index (χ4v) is 0.787. The van der Waals surface area contributed by atoms with Crippen molar-refractivity contribution in [3.63, 3.8) is 0 Å². The molecule has 0 spiro atoms. The summed E-state index contributed by atoms with van der Waals surface area (Å²) in [6.45, 7) is 7.18. The van der Waals surface area contributed by atoms with Gasteiger partial charge in [-0.3, -0.25) is 4.99 Å². The molecule has 3 heteroatoms. The molecule has 0 aliphatic carbocycles. The van der Waals surface area contributed by atoms with Crippen LogP contribution in [0, 0.1) is 0 Å². The highest BCUT2D eigenvalue weighted by Crippen LogP contribution is 2.14. The van der Waals surface area contributed by atoms with E-state index in [1.165, 1.54) is 0 Å². The van der Waals surface area contributed by atoms with Crippen molar-refractivity contribution < 1.29 is 9.84 Å². The molecule has 0 saturated heterocycles. The van der Waals surface area contributed by atoms with Crippen LogP contribution >= 0.6 is 0 Å². The van der Waals surface area contributed by atoms with Crippen molar-refractivity contribution in [2.24, 2.45) is 4.99 Å². The summed E-state index contributed by atoms with van der Waals surface area (Å²) in [5.74, 6) is 0.579. The first-order valence-corrected chi connectivity index (χ1v) is 3.75. The lowest BCUT2D eigenvalue weighted by atomic mass is 10.1. The van der Waals surface area contributed by atoms with E-state index in [9.17, 15) is 0 Å². The van der Waals surface area contributed by atoms with E-state index in [1.807, 2.05) is 0 Å². The molecule has 0 heterocycles. The SMILES string of the molecule is C=N/C=C(/CCCO)C(=C)OC. The van der Waals surface area contributed by atoms with Gasteiger partial charge in [0.15, 0.2) is 0 Å². The van der Waals surface area contributed by atoms with Gasteiger partial charge in [0.05, 0.1) is 7.11 Å². The second kappa shape index (κ2) is 6.61. The third kappa shape index (κ3) is 3.93. The van der Waals surface area contributed by atoms with E-state index in [0.29, 0.717) is 18.6 Å². The smallest absolute Gasteiger partial charge is 0.116 e. The van der Waals surface area contributed by atoms with Crippen molar-refractivity contribution in [3.8, 4) is 0 Å². The van der Waals surface area contributed by atoms with E-state index in [1.54, 1.807) is 13.3 Å². The number of hydrogen-bond acceptors (Lipinski definition) is 3. The number of aliphatic imine (C=N–C) groups is 1. The molecule has 0 aromatic carbocycles. The van der Waals surface area contributed by atoms with Gasteiger partial charge < -0.3 is 9.84 Å². The van der Waals surface area contributed by atoms with Crippen molar-refractivity contribution in [2.75, 3.05) is 13.7 Å². The molecule has 1 N–H and O–H groups in total. The molecular formula is C9H15NO2. The number of nitrogens with zero attached hydrogens (tertiary/aromatic N) is 1. The second-order valence-corrected chi connectivity index (χ2v) is 2.29. The van der Waals surface area contributed by atoms with Gasteiger partial charge in [-0.2, -0.15) is 0 Å². The van der Waals surface area contributed by atoms with Crippen LogP contribution in [0.25, 0.3) is 0 Å². The van der Waals surface area contributed by atoms with Crippen molar-refractivity contribution in [2.45, 2.75) is 12.8 Å². The van der Waals surface area contributed by atoms with Crippen LogP contribution in [0.5, 0.6) is 0 Å². The van der Waals surface area contributed by atoms with Gasteiger partial charge in [-0.25, -0.2) is 0 Å². The van der Waals surface area contributed by atoms with Gasteiger partial charge in [0.25, 0.3) is 0 Å². The summed E-state index contributed by atoms with van der Waals surface area (Å²) in [5.41, 5.74) is 0.876. The van der Waals surface area contributed by atoms with Gasteiger partial charge in [0, 0.05) is 18.4 Å². The van der Waals surface area contributed by atoms with Crippen LogP contribution in [0.1, 0.15) is 12.8 Å². The average Bonchev–Trinajstić information content (AvgIpc) is 2.11. The average molecular weight is 169 g/mol. The first-order valence-electron chi connectivity index (χ1n) is 3.75. The summed E-state index contributed by atoms with van der Waals surface area (Å²) in [5, 5.41) is 8.59. The van der Waals surface area contributed by atoms with E-state index < -0.39 is 0 Å². The monoisotopic (exact) mass is 169 g/mol. The molecule has 0 aliphatic rings. The zero-order valence-electron chi connectivity index (χ0n) is 7.42. The van der Waals surface area contributed by atoms with Crippen LogP contribution in [0.3, 0.4) is 0 Å². The molecule has 0 aromatic rings. The standard InChI is InChI=1S/C9H15NO2/c1-8(12-3)9(7-10-2)5-4-6-11/h7,11H,1-2,4-6H2,3H3/b9-7-. The zero-order valence-corrected chi connectivity index (χ0v) is 7.42. The number of ether oxygens (including phenoxy) is 1. The molecule has 68 valence electrons. The lowest BCUT2D eigenvalue weighted by Gasteiger charge is -2.06. The van der Waals surface area contributed by atoms with E-state index in [4.69, 9.17) is 9.84 Å². The maximum absolute atomic E-state index is 8.59. The summed E-state index contributed by atoms with van der Waals surface area (Å²) in [4.78, 5) is 3.62. The van der Waals surface area contributed by atoms with Crippen LogP contribution in [0.15, 0.2) is 29.1 Å². The highest BCUT2D eigenvalue weighted by molar-refractivity contribution is 5.30. The molecule has 0 aromatic heterocycles. The first kappa shape index (κ1) is 10.9. The van der Waals surface area contributed by atoms with Gasteiger partial charge >= 0.3 is 0 Å². The van der Waals surface area contributed by atoms with Crippen LogP contribution < -0.4 is 0 Å². The Balaban J connectivity index is 4.13. The largest absolute Gasteiger partial charge is 0.497 e. The summed E-state index contributed by atoms with van der Waals surface area (Å²) in [6.07, 6.45) is 2.99. The van der Waals surface area contributed by atoms with Crippen LogP contribution in [-0.2, 0) is 4.74 Å². The Morgan fingerprint density at radius 1 is 1.67 bits per heavy atom. The molecule has 0 saturated carbocycles. The van der Waals surface area contributed by atoms with Gasteiger partial charge in [-0.05, 0) is 19.6 Å². The zero-order chi connectivity index (χ0) is 9.40. The number of hydrogen-bond donors (Lipinski definition) is 1. The Morgan fingerprint density at radius 2 is 2.33 bits per heavy atom.